The van der Waals surface area contributed by atoms with Crippen molar-refractivity contribution < 1.29 is 9.18 Å². The first-order valence-corrected chi connectivity index (χ1v) is 8.07. The van der Waals surface area contributed by atoms with Gasteiger partial charge in [0.05, 0.1) is 11.4 Å². The maximum atomic E-state index is 13.2. The van der Waals surface area contributed by atoms with Gasteiger partial charge in [-0.2, -0.15) is 5.10 Å². The highest BCUT2D eigenvalue weighted by atomic mass is 19.1. The van der Waals surface area contributed by atoms with Gasteiger partial charge in [-0.15, -0.1) is 0 Å². The van der Waals surface area contributed by atoms with Crippen LogP contribution in [-0.4, -0.2) is 21.2 Å². The molecular weight excluding hydrogens is 317 g/mol. The Morgan fingerprint density at radius 2 is 1.68 bits per heavy atom. The van der Waals surface area contributed by atoms with Crippen LogP contribution in [0.1, 0.15) is 31.3 Å². The normalized spacial score (nSPS) is 11.4. The summed E-state index contributed by atoms with van der Waals surface area (Å²) in [7, 11) is 0. The molecule has 1 N–H and O–H groups in total. The van der Waals surface area contributed by atoms with Crippen molar-refractivity contribution >= 4 is 5.91 Å². The van der Waals surface area contributed by atoms with Gasteiger partial charge in [-0.05, 0) is 63.2 Å². The highest BCUT2D eigenvalue weighted by Crippen LogP contribution is 2.22. The van der Waals surface area contributed by atoms with Crippen LogP contribution in [-0.2, 0) is 0 Å². The van der Waals surface area contributed by atoms with Crippen LogP contribution in [0.2, 0.25) is 0 Å². The lowest BCUT2D eigenvalue weighted by molar-refractivity contribution is 0.0911. The molecule has 0 spiro atoms. The third-order valence-corrected chi connectivity index (χ3v) is 3.57. The number of aromatic nitrogens is 2. The number of carbonyl (C=O) groups excluding carboxylic acids is 1. The fourth-order valence-corrected chi connectivity index (χ4v) is 2.48. The third-order valence-electron chi connectivity index (χ3n) is 3.57. The summed E-state index contributed by atoms with van der Waals surface area (Å²) in [5.41, 5.74) is 2.22. The van der Waals surface area contributed by atoms with Crippen LogP contribution in [0.5, 0.6) is 0 Å². The summed E-state index contributed by atoms with van der Waals surface area (Å²) in [5, 5.41) is 7.52. The number of amides is 1. The maximum Gasteiger partial charge on any atom is 0.270 e. The Balaban J connectivity index is 2.08. The van der Waals surface area contributed by atoms with Crippen LogP contribution in [0, 0.1) is 5.82 Å². The van der Waals surface area contributed by atoms with Crippen molar-refractivity contribution in [2.24, 2.45) is 0 Å². The molecule has 4 nitrogen and oxygen atoms in total. The van der Waals surface area contributed by atoms with E-state index in [2.05, 4.69) is 10.4 Å². The molecule has 0 saturated heterocycles. The Labute approximate surface area is 146 Å². The largest absolute Gasteiger partial charge is 0.346 e. The summed E-state index contributed by atoms with van der Waals surface area (Å²) in [6.07, 6.45) is 0. The highest BCUT2D eigenvalue weighted by Gasteiger charge is 2.21. The molecular formula is C20H20FN3O. The van der Waals surface area contributed by atoms with E-state index >= 15 is 0 Å². The Morgan fingerprint density at radius 1 is 1.04 bits per heavy atom. The fourth-order valence-electron chi connectivity index (χ4n) is 2.48. The van der Waals surface area contributed by atoms with Gasteiger partial charge in [0.1, 0.15) is 11.5 Å². The molecule has 3 aromatic rings. The third kappa shape index (κ3) is 3.94. The van der Waals surface area contributed by atoms with Crippen molar-refractivity contribution in [2.45, 2.75) is 26.3 Å². The smallest absolute Gasteiger partial charge is 0.270 e. The van der Waals surface area contributed by atoms with Crippen molar-refractivity contribution in [3.8, 4) is 16.9 Å². The second-order valence-corrected chi connectivity index (χ2v) is 6.87. The predicted molar refractivity (Wildman–Crippen MR) is 96.2 cm³/mol. The number of hydrogen-bond donors (Lipinski definition) is 1. The van der Waals surface area contributed by atoms with Gasteiger partial charge in [0.2, 0.25) is 0 Å². The first kappa shape index (κ1) is 16.9. The summed E-state index contributed by atoms with van der Waals surface area (Å²) in [6, 6.07) is 17.2. The second kappa shape index (κ2) is 6.51. The van der Waals surface area contributed by atoms with Crippen LogP contribution < -0.4 is 5.32 Å². The van der Waals surface area contributed by atoms with Gasteiger partial charge in [-0.25, -0.2) is 9.07 Å². The van der Waals surface area contributed by atoms with Gasteiger partial charge in [0.25, 0.3) is 5.91 Å². The first-order valence-electron chi connectivity index (χ1n) is 8.07. The summed E-state index contributed by atoms with van der Waals surface area (Å²) in [4.78, 5) is 12.7. The lowest BCUT2D eigenvalue weighted by atomic mass is 10.1. The van der Waals surface area contributed by atoms with E-state index in [1.807, 2.05) is 51.1 Å². The molecule has 3 rings (SSSR count). The van der Waals surface area contributed by atoms with Crippen LogP contribution >= 0.6 is 0 Å². The number of nitrogens with zero attached hydrogens (tertiary/aromatic N) is 2. The van der Waals surface area contributed by atoms with Crippen LogP contribution in [0.15, 0.2) is 60.7 Å². The van der Waals surface area contributed by atoms with E-state index in [0.717, 1.165) is 11.3 Å². The monoisotopic (exact) mass is 337 g/mol. The molecule has 0 bridgehead atoms. The van der Waals surface area contributed by atoms with Crippen molar-refractivity contribution in [1.29, 1.82) is 0 Å². The highest BCUT2D eigenvalue weighted by molar-refractivity contribution is 5.94. The molecule has 0 saturated carbocycles. The summed E-state index contributed by atoms with van der Waals surface area (Å²) < 4.78 is 14.8. The molecule has 0 atom stereocenters. The molecule has 5 heteroatoms. The van der Waals surface area contributed by atoms with Gasteiger partial charge in [0.15, 0.2) is 0 Å². The molecule has 2 aromatic carbocycles. The molecule has 1 amide bonds. The lowest BCUT2D eigenvalue weighted by Gasteiger charge is -2.20. The summed E-state index contributed by atoms with van der Waals surface area (Å²) in [5.74, 6) is -0.519. The number of rotatable bonds is 3. The van der Waals surface area contributed by atoms with E-state index in [1.54, 1.807) is 22.9 Å². The predicted octanol–water partition coefficient (Wildman–Crippen LogP) is 4.21. The Morgan fingerprint density at radius 3 is 2.28 bits per heavy atom. The molecule has 1 aromatic heterocycles. The number of nitrogens with one attached hydrogen (secondary N) is 1. The lowest BCUT2D eigenvalue weighted by Crippen LogP contribution is -2.41. The van der Waals surface area contributed by atoms with E-state index in [0.29, 0.717) is 11.4 Å². The summed E-state index contributed by atoms with van der Waals surface area (Å²) >= 11 is 0. The molecule has 1 heterocycles. The fraction of sp³-hybridized carbons (Fsp3) is 0.200. The van der Waals surface area contributed by atoms with Crippen LogP contribution in [0.4, 0.5) is 4.39 Å². The van der Waals surface area contributed by atoms with E-state index in [-0.39, 0.29) is 17.3 Å². The van der Waals surface area contributed by atoms with Gasteiger partial charge < -0.3 is 5.32 Å². The molecule has 128 valence electrons. The molecule has 0 fully saturated rings. The topological polar surface area (TPSA) is 46.9 Å². The number of para-hydroxylation sites is 1. The van der Waals surface area contributed by atoms with E-state index < -0.39 is 0 Å². The Kier molecular flexibility index (Phi) is 4.40. The average molecular weight is 337 g/mol. The number of carbonyl (C=O) groups is 1. The zero-order valence-electron chi connectivity index (χ0n) is 14.5. The minimum Gasteiger partial charge on any atom is -0.346 e. The summed E-state index contributed by atoms with van der Waals surface area (Å²) in [6.45, 7) is 5.78. The van der Waals surface area contributed by atoms with Crippen molar-refractivity contribution in [3.05, 3.63) is 72.2 Å². The van der Waals surface area contributed by atoms with Crippen molar-refractivity contribution in [2.75, 3.05) is 0 Å². The molecule has 25 heavy (non-hydrogen) atoms. The van der Waals surface area contributed by atoms with Gasteiger partial charge in [-0.3, -0.25) is 4.79 Å². The van der Waals surface area contributed by atoms with E-state index in [1.165, 1.54) is 12.1 Å². The number of halogens is 1. The molecule has 0 aliphatic heterocycles. The SMILES string of the molecule is CC(C)(C)NC(=O)c1cc(-c2ccc(F)cc2)nn1-c1ccccc1. The first-order chi connectivity index (χ1) is 11.8. The minimum atomic E-state index is -0.362. The molecule has 0 radical (unpaired) electrons. The zero-order chi connectivity index (χ0) is 18.0. The maximum absolute atomic E-state index is 13.2. The van der Waals surface area contributed by atoms with Gasteiger partial charge >= 0.3 is 0 Å². The average Bonchev–Trinajstić information content (AvgIpc) is 3.00. The van der Waals surface area contributed by atoms with Crippen LogP contribution in [0.3, 0.4) is 0 Å². The van der Waals surface area contributed by atoms with Crippen LogP contribution in [0.25, 0.3) is 16.9 Å². The van der Waals surface area contributed by atoms with Crippen molar-refractivity contribution in [1.82, 2.24) is 15.1 Å². The van der Waals surface area contributed by atoms with E-state index in [9.17, 15) is 9.18 Å². The Bertz CT molecular complexity index is 878. The van der Waals surface area contributed by atoms with E-state index in [4.69, 9.17) is 0 Å². The second-order valence-electron chi connectivity index (χ2n) is 6.87. The standard InChI is InChI=1S/C20H20FN3O/c1-20(2,3)22-19(25)18-13-17(14-9-11-15(21)12-10-14)23-24(18)16-7-5-4-6-8-16/h4-13H,1-3H3,(H,22,25). The van der Waals surface area contributed by atoms with Gasteiger partial charge in [0, 0.05) is 11.1 Å². The van der Waals surface area contributed by atoms with Gasteiger partial charge in [-0.1, -0.05) is 18.2 Å². The molecule has 0 unspecified atom stereocenters. The quantitative estimate of drug-likeness (QED) is 0.778. The Hall–Kier alpha value is -2.95. The minimum absolute atomic E-state index is 0.211. The zero-order valence-corrected chi connectivity index (χ0v) is 14.5. The number of hydrogen-bond acceptors (Lipinski definition) is 2. The molecule has 0 aliphatic carbocycles. The van der Waals surface area contributed by atoms with Crippen molar-refractivity contribution in [3.63, 3.8) is 0 Å². The molecule has 0 aliphatic rings. The number of benzene rings is 2.